The van der Waals surface area contributed by atoms with Crippen LogP contribution in [0.4, 0.5) is 0 Å². The van der Waals surface area contributed by atoms with E-state index in [-0.39, 0.29) is 13.4 Å². The van der Waals surface area contributed by atoms with Crippen LogP contribution in [0.1, 0.15) is 46.1 Å². The van der Waals surface area contributed by atoms with E-state index in [2.05, 4.69) is 25.5 Å². The minimum atomic E-state index is -0.245. The van der Waals surface area contributed by atoms with E-state index < -0.39 is 0 Å². The fourth-order valence-corrected chi connectivity index (χ4v) is 1.44. The number of esters is 1. The highest BCUT2D eigenvalue weighted by molar-refractivity contribution is 5.86. The second kappa shape index (κ2) is 9.02. The molecule has 1 aromatic rings. The van der Waals surface area contributed by atoms with E-state index in [0.29, 0.717) is 18.3 Å². The summed E-state index contributed by atoms with van der Waals surface area (Å²) in [5, 5.41) is 9.68. The van der Waals surface area contributed by atoms with Crippen molar-refractivity contribution in [1.29, 1.82) is 0 Å². The van der Waals surface area contributed by atoms with E-state index in [1.807, 2.05) is 12.1 Å². The highest BCUT2D eigenvalue weighted by Gasteiger charge is 2.06. The van der Waals surface area contributed by atoms with Crippen molar-refractivity contribution < 1.29 is 19.4 Å². The molecule has 0 aromatic heterocycles. The van der Waals surface area contributed by atoms with Gasteiger partial charge in [0, 0.05) is 6.07 Å². The fraction of sp³-hybridized carbons (Fsp3) is 0.438. The lowest BCUT2D eigenvalue weighted by Gasteiger charge is -2.10. The second-order valence-corrected chi connectivity index (χ2v) is 4.46. The zero-order valence-electron chi connectivity index (χ0n) is 11.6. The molecule has 0 unspecified atom stereocenters. The summed E-state index contributed by atoms with van der Waals surface area (Å²) in [7, 11) is 0. The van der Waals surface area contributed by atoms with Gasteiger partial charge < -0.3 is 14.6 Å². The van der Waals surface area contributed by atoms with Crippen LogP contribution in [0.15, 0.2) is 30.5 Å². The molecule has 4 heteroatoms. The number of hydrogen-bond acceptors (Lipinski definition) is 4. The minimum Gasteiger partial charge on any atom is -0.508 e. The third kappa shape index (κ3) is 5.78. The van der Waals surface area contributed by atoms with E-state index in [4.69, 9.17) is 4.74 Å². The Kier molecular flexibility index (Phi) is 8.13. The van der Waals surface area contributed by atoms with Gasteiger partial charge in [0.2, 0.25) is 0 Å². The Morgan fingerprint density at radius 2 is 1.95 bits per heavy atom. The van der Waals surface area contributed by atoms with Crippen LogP contribution in [0.5, 0.6) is 11.5 Å². The van der Waals surface area contributed by atoms with Crippen molar-refractivity contribution >= 4 is 5.97 Å². The molecular weight excluding hydrogens is 256 g/mol. The first-order valence-corrected chi connectivity index (χ1v) is 6.37. The Hall–Kier alpha value is -1.97. The summed E-state index contributed by atoms with van der Waals surface area (Å²) in [6, 6.07) is 5.51. The molecule has 0 aliphatic carbocycles. The van der Waals surface area contributed by atoms with Crippen LogP contribution >= 0.6 is 0 Å². The van der Waals surface area contributed by atoms with Crippen molar-refractivity contribution in [3.63, 3.8) is 0 Å². The van der Waals surface area contributed by atoms with Crippen LogP contribution in [0.25, 0.3) is 0 Å². The lowest BCUT2D eigenvalue weighted by molar-refractivity contribution is -0.136. The van der Waals surface area contributed by atoms with Gasteiger partial charge in [0.05, 0.1) is 12.7 Å². The summed E-state index contributed by atoms with van der Waals surface area (Å²) < 4.78 is 9.52. The molecule has 2 rings (SSSR count). The van der Waals surface area contributed by atoms with Gasteiger partial charge in [-0.05, 0) is 24.0 Å². The molecule has 0 saturated carbocycles. The maximum Gasteiger partial charge on any atom is 0.338 e. The van der Waals surface area contributed by atoms with Crippen LogP contribution in [0, 0.1) is 0 Å². The van der Waals surface area contributed by atoms with E-state index >= 15 is 0 Å². The topological polar surface area (TPSA) is 55.8 Å². The van der Waals surface area contributed by atoms with Gasteiger partial charge in [-0.2, -0.15) is 0 Å². The molecule has 112 valence electrons. The largest absolute Gasteiger partial charge is 0.508 e. The van der Waals surface area contributed by atoms with Crippen molar-refractivity contribution in [2.75, 3.05) is 6.61 Å². The third-order valence-corrected chi connectivity index (χ3v) is 2.49. The summed E-state index contributed by atoms with van der Waals surface area (Å²) in [6.45, 7) is 6.87. The first kappa shape index (κ1) is 18.0. The Labute approximate surface area is 121 Å². The van der Waals surface area contributed by atoms with Gasteiger partial charge in [0.15, 0.2) is 0 Å². The Morgan fingerprint density at radius 1 is 1.35 bits per heavy atom. The Morgan fingerprint density at radius 3 is 2.30 bits per heavy atom. The SMILES string of the molecule is C.CCCOc1ccc(C(C)C)c(O)c1.O=C1C=CO1. The zero-order valence-corrected chi connectivity index (χ0v) is 11.6. The Bertz CT molecular complexity index is 450. The monoisotopic (exact) mass is 280 g/mol. The highest BCUT2D eigenvalue weighted by atomic mass is 16.5. The van der Waals surface area contributed by atoms with Gasteiger partial charge in [0.1, 0.15) is 17.8 Å². The average molecular weight is 280 g/mol. The lowest BCUT2D eigenvalue weighted by Crippen LogP contribution is -2.01. The molecule has 1 aromatic carbocycles. The molecule has 4 nitrogen and oxygen atoms in total. The number of carbonyl (C=O) groups excluding carboxylic acids is 1. The van der Waals surface area contributed by atoms with Crippen molar-refractivity contribution in [3.05, 3.63) is 36.1 Å². The number of carbonyl (C=O) groups is 1. The summed E-state index contributed by atoms with van der Waals surface area (Å²) >= 11 is 0. The van der Waals surface area contributed by atoms with Crippen LogP contribution < -0.4 is 4.74 Å². The fourth-order valence-electron chi connectivity index (χ4n) is 1.44. The van der Waals surface area contributed by atoms with Crippen LogP contribution in [0.2, 0.25) is 0 Å². The molecule has 0 spiro atoms. The predicted molar refractivity (Wildman–Crippen MR) is 79.9 cm³/mol. The van der Waals surface area contributed by atoms with E-state index in [1.165, 1.54) is 12.3 Å². The summed E-state index contributed by atoms with van der Waals surface area (Å²) in [5.41, 5.74) is 0.967. The van der Waals surface area contributed by atoms with E-state index in [9.17, 15) is 9.90 Å². The lowest BCUT2D eigenvalue weighted by atomic mass is 10.0. The molecule has 1 aliphatic heterocycles. The first-order valence-electron chi connectivity index (χ1n) is 6.37. The number of aromatic hydroxyl groups is 1. The molecule has 1 heterocycles. The molecule has 0 amide bonds. The van der Waals surface area contributed by atoms with Crippen LogP contribution in [-0.4, -0.2) is 17.7 Å². The molecule has 0 radical (unpaired) electrons. The van der Waals surface area contributed by atoms with Gasteiger partial charge in [-0.3, -0.25) is 0 Å². The molecule has 0 atom stereocenters. The summed E-state index contributed by atoms with van der Waals surface area (Å²) in [5.74, 6) is 1.17. The summed E-state index contributed by atoms with van der Waals surface area (Å²) in [4.78, 5) is 9.59. The molecule has 1 N–H and O–H groups in total. The Balaban J connectivity index is 0.000000507. The van der Waals surface area contributed by atoms with Crippen molar-refractivity contribution in [3.8, 4) is 11.5 Å². The van der Waals surface area contributed by atoms with E-state index in [0.717, 1.165) is 17.7 Å². The molecule has 0 bridgehead atoms. The van der Waals surface area contributed by atoms with Gasteiger partial charge in [-0.1, -0.05) is 34.3 Å². The molecular formula is C16H24O4. The van der Waals surface area contributed by atoms with Gasteiger partial charge in [-0.15, -0.1) is 0 Å². The standard InChI is InChI=1S/C12H18O2.C3H2O2.CH4/c1-4-7-14-10-5-6-11(9(2)3)12(13)8-10;4-3-1-2-5-3;/h5-6,8-9,13H,4,7H2,1-3H3;1-2H;1H4. The molecule has 0 saturated heterocycles. The average Bonchev–Trinajstić information content (AvgIpc) is 2.34. The number of phenols is 1. The van der Waals surface area contributed by atoms with Crippen molar-refractivity contribution in [2.24, 2.45) is 0 Å². The maximum atomic E-state index is 9.68. The molecule has 1 aliphatic rings. The smallest absolute Gasteiger partial charge is 0.338 e. The summed E-state index contributed by atoms with van der Waals surface area (Å²) in [6.07, 6.45) is 3.69. The van der Waals surface area contributed by atoms with Gasteiger partial charge >= 0.3 is 5.97 Å². The minimum absolute atomic E-state index is 0. The number of benzene rings is 1. The van der Waals surface area contributed by atoms with E-state index in [1.54, 1.807) is 6.07 Å². The number of hydrogen-bond donors (Lipinski definition) is 1. The molecule has 0 fully saturated rings. The van der Waals surface area contributed by atoms with Crippen LogP contribution in [-0.2, 0) is 9.53 Å². The van der Waals surface area contributed by atoms with Crippen molar-refractivity contribution in [1.82, 2.24) is 0 Å². The zero-order chi connectivity index (χ0) is 14.3. The van der Waals surface area contributed by atoms with Gasteiger partial charge in [0.25, 0.3) is 0 Å². The first-order chi connectivity index (χ1) is 9.04. The van der Waals surface area contributed by atoms with Crippen molar-refractivity contribution in [2.45, 2.75) is 40.5 Å². The highest BCUT2D eigenvalue weighted by Crippen LogP contribution is 2.29. The quantitative estimate of drug-likeness (QED) is 0.847. The number of cyclic esters (lactones) is 1. The maximum absolute atomic E-state index is 9.68. The molecule has 20 heavy (non-hydrogen) atoms. The number of phenolic OH excluding ortho intramolecular Hbond substituents is 1. The number of ether oxygens (including phenoxy) is 2. The second-order valence-electron chi connectivity index (χ2n) is 4.46. The van der Waals surface area contributed by atoms with Crippen LogP contribution in [0.3, 0.4) is 0 Å². The number of rotatable bonds is 4. The third-order valence-electron chi connectivity index (χ3n) is 2.49. The predicted octanol–water partition coefficient (Wildman–Crippen LogP) is 4.00. The van der Waals surface area contributed by atoms with Gasteiger partial charge in [-0.25, -0.2) is 4.79 Å². The normalized spacial score (nSPS) is 11.7.